The Hall–Kier alpha value is -3.78. The summed E-state index contributed by atoms with van der Waals surface area (Å²) in [6, 6.07) is 14.0. The van der Waals surface area contributed by atoms with Gasteiger partial charge in [-0.25, -0.2) is 4.98 Å². The molecule has 4 heterocycles. The Morgan fingerprint density at radius 1 is 1.13 bits per heavy atom. The molecule has 0 fully saturated rings. The average molecular weight is 414 g/mol. The van der Waals surface area contributed by atoms with Crippen molar-refractivity contribution in [3.63, 3.8) is 0 Å². The Kier molecular flexibility index (Phi) is 4.63. The third kappa shape index (κ3) is 3.30. The van der Waals surface area contributed by atoms with Crippen LogP contribution in [0.5, 0.6) is 0 Å². The minimum atomic E-state index is -1.04. The topological polar surface area (TPSA) is 110 Å². The van der Waals surface area contributed by atoms with Gasteiger partial charge in [-0.3, -0.25) is 9.78 Å². The predicted molar refractivity (Wildman–Crippen MR) is 117 cm³/mol. The second-order valence-corrected chi connectivity index (χ2v) is 7.70. The van der Waals surface area contributed by atoms with Gasteiger partial charge in [-0.05, 0) is 13.0 Å². The smallest absolute Gasteiger partial charge is 0.251 e. The fraction of sp³-hybridized carbons (Fsp3) is 0.217. The molecule has 3 aromatic heterocycles. The zero-order valence-electron chi connectivity index (χ0n) is 17.1. The molecular weight excluding hydrogens is 392 g/mol. The van der Waals surface area contributed by atoms with Crippen molar-refractivity contribution in [2.45, 2.75) is 26.0 Å². The number of amides is 1. The summed E-state index contributed by atoms with van der Waals surface area (Å²) in [7, 11) is 0. The zero-order chi connectivity index (χ0) is 21.5. The molecule has 1 amide bonds. The van der Waals surface area contributed by atoms with Gasteiger partial charge in [0.15, 0.2) is 5.65 Å². The number of nitrogens with two attached hydrogens (primary N) is 1. The number of anilines is 1. The summed E-state index contributed by atoms with van der Waals surface area (Å²) in [5, 5.41) is 14.1. The maximum atomic E-state index is 12.2. The van der Waals surface area contributed by atoms with Crippen LogP contribution in [-0.4, -0.2) is 48.1 Å². The lowest BCUT2D eigenvalue weighted by Crippen LogP contribution is -2.41. The van der Waals surface area contributed by atoms with E-state index in [1.807, 2.05) is 48.7 Å². The number of benzene rings is 1. The first-order valence-corrected chi connectivity index (χ1v) is 10.2. The molecule has 8 heteroatoms. The first-order chi connectivity index (χ1) is 15.0. The largest absolute Gasteiger partial charge is 0.384 e. The molecule has 0 aliphatic carbocycles. The lowest BCUT2D eigenvalue weighted by molar-refractivity contribution is -0.140. The highest BCUT2D eigenvalue weighted by Crippen LogP contribution is 2.30. The van der Waals surface area contributed by atoms with Crippen LogP contribution in [-0.2, 0) is 17.8 Å². The van der Waals surface area contributed by atoms with E-state index in [1.54, 1.807) is 15.6 Å². The number of rotatable bonds is 3. The quantitative estimate of drug-likeness (QED) is 0.532. The summed E-state index contributed by atoms with van der Waals surface area (Å²) in [5.41, 5.74) is 12.4. The van der Waals surface area contributed by atoms with Crippen molar-refractivity contribution in [1.82, 2.24) is 24.5 Å². The number of nitrogen functional groups attached to an aromatic ring is 1. The van der Waals surface area contributed by atoms with Crippen LogP contribution in [0.2, 0.25) is 0 Å². The Balaban J connectivity index is 1.51. The van der Waals surface area contributed by atoms with Gasteiger partial charge in [0, 0.05) is 41.4 Å². The van der Waals surface area contributed by atoms with E-state index in [1.165, 1.54) is 6.92 Å². The molecule has 0 spiro atoms. The van der Waals surface area contributed by atoms with Crippen LogP contribution >= 0.6 is 0 Å². The van der Waals surface area contributed by atoms with Gasteiger partial charge in [0.05, 0.1) is 24.1 Å². The van der Waals surface area contributed by atoms with Gasteiger partial charge in [-0.1, -0.05) is 36.4 Å². The molecule has 31 heavy (non-hydrogen) atoms. The van der Waals surface area contributed by atoms with Gasteiger partial charge in [-0.2, -0.15) is 9.61 Å². The van der Waals surface area contributed by atoms with Gasteiger partial charge in [0.25, 0.3) is 5.91 Å². The second kappa shape index (κ2) is 7.48. The Bertz CT molecular complexity index is 1260. The van der Waals surface area contributed by atoms with Crippen LogP contribution in [0.1, 0.15) is 18.2 Å². The Morgan fingerprint density at radius 3 is 2.65 bits per heavy atom. The molecule has 0 saturated carbocycles. The Labute approximate surface area is 179 Å². The van der Waals surface area contributed by atoms with E-state index in [2.05, 4.69) is 10.1 Å². The lowest BCUT2D eigenvalue weighted by atomic mass is 10.0. The van der Waals surface area contributed by atoms with E-state index >= 15 is 0 Å². The minimum Gasteiger partial charge on any atom is -0.384 e. The van der Waals surface area contributed by atoms with Crippen molar-refractivity contribution in [2.24, 2.45) is 0 Å². The lowest BCUT2D eigenvalue weighted by Gasteiger charge is -2.30. The fourth-order valence-electron chi connectivity index (χ4n) is 3.98. The zero-order valence-corrected chi connectivity index (χ0v) is 17.1. The van der Waals surface area contributed by atoms with Crippen molar-refractivity contribution >= 4 is 17.4 Å². The van der Waals surface area contributed by atoms with Crippen molar-refractivity contribution in [3.05, 3.63) is 66.1 Å². The number of carbonyl (C=O) groups is 1. The van der Waals surface area contributed by atoms with E-state index in [0.29, 0.717) is 31.0 Å². The summed E-state index contributed by atoms with van der Waals surface area (Å²) in [4.78, 5) is 23.2. The van der Waals surface area contributed by atoms with Crippen LogP contribution in [0.15, 0.2) is 54.9 Å². The molecule has 8 nitrogen and oxygen atoms in total. The number of fused-ring (bicyclic) bond motifs is 2. The number of carbonyl (C=O) groups excluding carboxylic acids is 1. The number of pyridine rings is 1. The third-order valence-corrected chi connectivity index (χ3v) is 5.65. The molecule has 0 radical (unpaired) electrons. The predicted octanol–water partition coefficient (Wildman–Crippen LogP) is 2.31. The minimum absolute atomic E-state index is 0.309. The first kappa shape index (κ1) is 19.2. The molecule has 3 N–H and O–H groups in total. The molecule has 5 rings (SSSR count). The van der Waals surface area contributed by atoms with E-state index < -0.39 is 6.10 Å². The third-order valence-electron chi connectivity index (χ3n) is 5.65. The van der Waals surface area contributed by atoms with Crippen molar-refractivity contribution in [1.29, 1.82) is 0 Å². The van der Waals surface area contributed by atoms with Crippen LogP contribution < -0.4 is 5.73 Å². The standard InChI is InChI=1S/C23H22N6O2/c1-14(30)23(31)28-10-9-20-18(13-28)21(24)29-22(27-20)17(12-26-29)16-7-8-19(25-11-16)15-5-3-2-4-6-15/h2-8,11-12,14,30H,9-10,13,24H2,1H3. The van der Waals surface area contributed by atoms with Gasteiger partial charge in [0.1, 0.15) is 11.9 Å². The molecule has 1 aliphatic heterocycles. The van der Waals surface area contributed by atoms with Crippen LogP contribution in [0.25, 0.3) is 28.0 Å². The van der Waals surface area contributed by atoms with Gasteiger partial charge in [0.2, 0.25) is 0 Å². The molecule has 156 valence electrons. The number of aromatic nitrogens is 4. The van der Waals surface area contributed by atoms with Gasteiger partial charge in [-0.15, -0.1) is 0 Å². The van der Waals surface area contributed by atoms with E-state index in [0.717, 1.165) is 33.6 Å². The summed E-state index contributed by atoms with van der Waals surface area (Å²) < 4.78 is 1.61. The van der Waals surface area contributed by atoms with Crippen molar-refractivity contribution < 1.29 is 9.90 Å². The maximum Gasteiger partial charge on any atom is 0.251 e. The number of aliphatic hydroxyl groups excluding tert-OH is 1. The second-order valence-electron chi connectivity index (χ2n) is 7.70. The molecule has 0 saturated heterocycles. The van der Waals surface area contributed by atoms with E-state index in [-0.39, 0.29) is 5.91 Å². The van der Waals surface area contributed by atoms with Gasteiger partial charge >= 0.3 is 0 Å². The Morgan fingerprint density at radius 2 is 1.94 bits per heavy atom. The van der Waals surface area contributed by atoms with Gasteiger partial charge < -0.3 is 15.7 Å². The SMILES string of the molecule is CC(O)C(=O)N1CCc2nc3c(-c4ccc(-c5ccccc5)nc4)cnn3c(N)c2C1. The highest BCUT2D eigenvalue weighted by Gasteiger charge is 2.27. The summed E-state index contributed by atoms with van der Waals surface area (Å²) in [6.45, 7) is 2.28. The molecular formula is C23H22N6O2. The molecule has 0 bridgehead atoms. The van der Waals surface area contributed by atoms with E-state index in [4.69, 9.17) is 10.7 Å². The molecule has 1 aromatic carbocycles. The summed E-state index contributed by atoms with van der Waals surface area (Å²) in [6.07, 6.45) is 3.09. The van der Waals surface area contributed by atoms with E-state index in [9.17, 15) is 9.90 Å². The average Bonchev–Trinajstić information content (AvgIpc) is 3.23. The highest BCUT2D eigenvalue weighted by atomic mass is 16.3. The summed E-state index contributed by atoms with van der Waals surface area (Å²) >= 11 is 0. The van der Waals surface area contributed by atoms with Crippen LogP contribution in [0.3, 0.4) is 0 Å². The first-order valence-electron chi connectivity index (χ1n) is 10.2. The normalized spacial score (nSPS) is 14.5. The highest BCUT2D eigenvalue weighted by molar-refractivity contribution is 5.81. The van der Waals surface area contributed by atoms with Crippen molar-refractivity contribution in [2.75, 3.05) is 12.3 Å². The number of nitrogens with zero attached hydrogens (tertiary/aromatic N) is 5. The maximum absolute atomic E-state index is 12.2. The van der Waals surface area contributed by atoms with Crippen LogP contribution in [0.4, 0.5) is 5.82 Å². The van der Waals surface area contributed by atoms with Crippen LogP contribution in [0, 0.1) is 0 Å². The molecule has 1 unspecified atom stereocenters. The number of hydrogen-bond acceptors (Lipinski definition) is 6. The monoisotopic (exact) mass is 414 g/mol. The van der Waals surface area contributed by atoms with Crippen molar-refractivity contribution in [3.8, 4) is 22.4 Å². The molecule has 1 aliphatic rings. The molecule has 4 aromatic rings. The summed E-state index contributed by atoms with van der Waals surface area (Å²) in [5.74, 6) is 0.152. The number of aliphatic hydroxyl groups is 1. The number of hydrogen-bond donors (Lipinski definition) is 2. The molecule has 1 atom stereocenters. The fourth-order valence-corrected chi connectivity index (χ4v) is 3.98.